The number of hydrogen-bond acceptors (Lipinski definition) is 5. The molecule has 1 aliphatic heterocycles. The first-order chi connectivity index (χ1) is 14.2. The van der Waals surface area contributed by atoms with E-state index in [1.54, 1.807) is 13.3 Å². The van der Waals surface area contributed by atoms with Gasteiger partial charge in [0.1, 0.15) is 6.10 Å². The first-order valence-corrected chi connectivity index (χ1v) is 10.4. The summed E-state index contributed by atoms with van der Waals surface area (Å²) in [7, 11) is 1.64. The summed E-state index contributed by atoms with van der Waals surface area (Å²) >= 11 is 0. The average molecular weight is 396 g/mol. The molecule has 2 aliphatic rings. The van der Waals surface area contributed by atoms with Gasteiger partial charge in [0, 0.05) is 37.5 Å². The number of ether oxygens (including phenoxy) is 3. The molecule has 0 N–H and O–H groups in total. The Morgan fingerprint density at radius 3 is 2.79 bits per heavy atom. The minimum absolute atomic E-state index is 0.124. The van der Waals surface area contributed by atoms with Gasteiger partial charge in [-0.25, -0.2) is 0 Å². The lowest BCUT2D eigenvalue weighted by atomic mass is 10.1. The molecule has 0 bridgehead atoms. The Bertz CT molecular complexity index is 817. The molecule has 1 unspecified atom stereocenters. The summed E-state index contributed by atoms with van der Waals surface area (Å²) in [5, 5.41) is 0. The summed E-state index contributed by atoms with van der Waals surface area (Å²) in [4.78, 5) is 19.2. The van der Waals surface area contributed by atoms with Crippen molar-refractivity contribution < 1.29 is 19.0 Å². The number of methoxy groups -OCH3 is 1. The summed E-state index contributed by atoms with van der Waals surface area (Å²) < 4.78 is 17.1. The molecule has 1 aliphatic carbocycles. The van der Waals surface area contributed by atoms with Crippen LogP contribution in [0, 0.1) is 0 Å². The first-order valence-electron chi connectivity index (χ1n) is 10.4. The molecule has 1 saturated heterocycles. The molecule has 1 atom stereocenters. The molecule has 1 aromatic heterocycles. The van der Waals surface area contributed by atoms with Gasteiger partial charge in [-0.15, -0.1) is 0 Å². The van der Waals surface area contributed by atoms with Gasteiger partial charge in [-0.05, 0) is 55.5 Å². The van der Waals surface area contributed by atoms with Crippen molar-refractivity contribution in [1.82, 2.24) is 9.88 Å². The van der Waals surface area contributed by atoms with Gasteiger partial charge in [-0.3, -0.25) is 9.78 Å². The van der Waals surface area contributed by atoms with E-state index in [1.807, 2.05) is 41.3 Å². The van der Waals surface area contributed by atoms with Gasteiger partial charge in [0.05, 0.1) is 13.7 Å². The Hall–Kier alpha value is -2.60. The van der Waals surface area contributed by atoms with E-state index < -0.39 is 0 Å². The fraction of sp³-hybridized carbons (Fsp3) is 0.478. The molecular formula is C23H28N2O4. The van der Waals surface area contributed by atoms with Crippen LogP contribution in [-0.4, -0.2) is 48.3 Å². The molecule has 154 valence electrons. The van der Waals surface area contributed by atoms with Crippen molar-refractivity contribution in [2.45, 2.75) is 50.8 Å². The molecule has 29 heavy (non-hydrogen) atoms. The highest BCUT2D eigenvalue weighted by atomic mass is 16.5. The van der Waals surface area contributed by atoms with Gasteiger partial charge in [0.25, 0.3) is 5.91 Å². The standard InChI is InChI=1S/C23H28N2O4/c1-27-20-10-7-17(15-22(20)29-14-11-18-5-2-3-12-24-18)16-25(19-8-9-19)23(26)21-6-4-13-28-21/h2-3,5,7,10,12,15,19,21H,4,6,8-9,11,13-14,16H2,1H3. The summed E-state index contributed by atoms with van der Waals surface area (Å²) in [6.45, 7) is 1.77. The molecule has 6 heteroatoms. The molecule has 6 nitrogen and oxygen atoms in total. The number of carbonyl (C=O) groups excluding carboxylic acids is 1. The van der Waals surface area contributed by atoms with Crippen molar-refractivity contribution in [3.05, 3.63) is 53.9 Å². The monoisotopic (exact) mass is 396 g/mol. The predicted molar refractivity (Wildman–Crippen MR) is 109 cm³/mol. The zero-order valence-corrected chi connectivity index (χ0v) is 16.9. The van der Waals surface area contributed by atoms with E-state index in [4.69, 9.17) is 14.2 Å². The molecular weight excluding hydrogens is 368 g/mol. The maximum absolute atomic E-state index is 12.9. The molecule has 2 aromatic rings. The lowest BCUT2D eigenvalue weighted by molar-refractivity contribution is -0.142. The van der Waals surface area contributed by atoms with Crippen molar-refractivity contribution in [2.75, 3.05) is 20.3 Å². The average Bonchev–Trinajstić information content (AvgIpc) is 3.45. The van der Waals surface area contributed by atoms with E-state index >= 15 is 0 Å². The van der Waals surface area contributed by atoms with E-state index in [0.29, 0.717) is 37.3 Å². The molecule has 1 amide bonds. The normalized spacial score (nSPS) is 18.4. The Kier molecular flexibility index (Phi) is 6.30. The zero-order valence-electron chi connectivity index (χ0n) is 16.9. The number of carbonyl (C=O) groups is 1. The van der Waals surface area contributed by atoms with Crippen LogP contribution in [0.3, 0.4) is 0 Å². The minimum Gasteiger partial charge on any atom is -0.493 e. The van der Waals surface area contributed by atoms with Crippen molar-refractivity contribution in [2.24, 2.45) is 0 Å². The van der Waals surface area contributed by atoms with Gasteiger partial charge >= 0.3 is 0 Å². The Labute approximate surface area is 171 Å². The van der Waals surface area contributed by atoms with Crippen LogP contribution in [-0.2, 0) is 22.5 Å². The van der Waals surface area contributed by atoms with Crippen molar-refractivity contribution >= 4 is 5.91 Å². The third-order valence-electron chi connectivity index (χ3n) is 5.40. The van der Waals surface area contributed by atoms with Crippen LogP contribution in [0.4, 0.5) is 0 Å². The van der Waals surface area contributed by atoms with Crippen molar-refractivity contribution in [3.63, 3.8) is 0 Å². The van der Waals surface area contributed by atoms with E-state index in [2.05, 4.69) is 4.98 Å². The van der Waals surface area contributed by atoms with Gasteiger partial charge in [-0.2, -0.15) is 0 Å². The zero-order chi connectivity index (χ0) is 20.1. The lowest BCUT2D eigenvalue weighted by Crippen LogP contribution is -2.39. The highest BCUT2D eigenvalue weighted by Gasteiger charge is 2.37. The SMILES string of the molecule is COc1ccc(CN(C(=O)C2CCCO2)C2CC2)cc1OCCc1ccccn1. The van der Waals surface area contributed by atoms with E-state index in [-0.39, 0.29) is 12.0 Å². The van der Waals surface area contributed by atoms with Crippen molar-refractivity contribution in [1.29, 1.82) is 0 Å². The number of amides is 1. The Balaban J connectivity index is 1.42. The quantitative estimate of drug-likeness (QED) is 0.650. The second kappa shape index (κ2) is 9.27. The maximum atomic E-state index is 12.9. The lowest BCUT2D eigenvalue weighted by Gasteiger charge is -2.25. The second-order valence-corrected chi connectivity index (χ2v) is 7.60. The fourth-order valence-corrected chi connectivity index (χ4v) is 3.67. The van der Waals surface area contributed by atoms with Crippen LogP contribution in [0.2, 0.25) is 0 Å². The maximum Gasteiger partial charge on any atom is 0.252 e. The molecule has 4 rings (SSSR count). The van der Waals surface area contributed by atoms with Crippen LogP contribution in [0.5, 0.6) is 11.5 Å². The summed E-state index contributed by atoms with van der Waals surface area (Å²) in [6, 6.07) is 12.1. The Morgan fingerprint density at radius 2 is 2.10 bits per heavy atom. The summed E-state index contributed by atoms with van der Waals surface area (Å²) in [6.07, 6.45) is 6.17. The Morgan fingerprint density at radius 1 is 1.21 bits per heavy atom. The topological polar surface area (TPSA) is 60.9 Å². The number of nitrogens with zero attached hydrogens (tertiary/aromatic N) is 2. The van der Waals surface area contributed by atoms with Crippen LogP contribution in [0.15, 0.2) is 42.6 Å². The number of aromatic nitrogens is 1. The molecule has 0 spiro atoms. The number of rotatable bonds is 9. The number of hydrogen-bond donors (Lipinski definition) is 0. The number of benzene rings is 1. The van der Waals surface area contributed by atoms with Crippen LogP contribution in [0.1, 0.15) is 36.9 Å². The van der Waals surface area contributed by atoms with Crippen molar-refractivity contribution in [3.8, 4) is 11.5 Å². The summed E-state index contributed by atoms with van der Waals surface area (Å²) in [5.41, 5.74) is 2.03. The molecule has 0 radical (unpaired) electrons. The third kappa shape index (κ3) is 5.07. The highest BCUT2D eigenvalue weighted by Crippen LogP contribution is 2.33. The van der Waals surface area contributed by atoms with E-state index in [0.717, 1.165) is 43.4 Å². The predicted octanol–water partition coefficient (Wildman–Crippen LogP) is 3.38. The van der Waals surface area contributed by atoms with Gasteiger partial charge in [0.2, 0.25) is 0 Å². The minimum atomic E-state index is -0.275. The second-order valence-electron chi connectivity index (χ2n) is 7.60. The van der Waals surface area contributed by atoms with Gasteiger partial charge < -0.3 is 19.1 Å². The molecule has 2 fully saturated rings. The third-order valence-corrected chi connectivity index (χ3v) is 5.40. The molecule has 2 heterocycles. The molecule has 1 saturated carbocycles. The van der Waals surface area contributed by atoms with Crippen LogP contribution in [0.25, 0.3) is 0 Å². The number of pyridine rings is 1. The largest absolute Gasteiger partial charge is 0.493 e. The van der Waals surface area contributed by atoms with Gasteiger partial charge in [0.15, 0.2) is 11.5 Å². The summed E-state index contributed by atoms with van der Waals surface area (Å²) in [5.74, 6) is 1.51. The van der Waals surface area contributed by atoms with Crippen LogP contribution < -0.4 is 9.47 Å². The van der Waals surface area contributed by atoms with Gasteiger partial charge in [-0.1, -0.05) is 12.1 Å². The fourth-order valence-electron chi connectivity index (χ4n) is 3.67. The molecule has 1 aromatic carbocycles. The first kappa shape index (κ1) is 19.7. The smallest absolute Gasteiger partial charge is 0.252 e. The van der Waals surface area contributed by atoms with E-state index in [1.165, 1.54) is 0 Å². The highest BCUT2D eigenvalue weighted by molar-refractivity contribution is 5.81. The van der Waals surface area contributed by atoms with E-state index in [9.17, 15) is 4.79 Å². The van der Waals surface area contributed by atoms with Crippen LogP contribution >= 0.6 is 0 Å².